The van der Waals surface area contributed by atoms with Crippen LogP contribution < -0.4 is 0 Å². The fourth-order valence-corrected chi connectivity index (χ4v) is 1.15. The molecule has 2 aromatic rings. The number of rotatable bonds is 1. The predicted molar refractivity (Wildman–Crippen MR) is 47.4 cm³/mol. The van der Waals surface area contributed by atoms with E-state index in [-0.39, 0.29) is 5.56 Å². The second-order valence-electron chi connectivity index (χ2n) is 2.71. The Hall–Kier alpha value is -1.84. The summed E-state index contributed by atoms with van der Waals surface area (Å²) in [6.07, 6.45) is 3.08. The van der Waals surface area contributed by atoms with Crippen molar-refractivity contribution in [2.45, 2.75) is 0 Å². The zero-order valence-electron chi connectivity index (χ0n) is 7.11. The molecule has 0 fully saturated rings. The molecule has 2 nitrogen and oxygen atoms in total. The average molecular weight is 192 g/mol. The summed E-state index contributed by atoms with van der Waals surface area (Å²) in [5.74, 6) is -1.65. The average Bonchev–Trinajstić information content (AvgIpc) is 2.19. The fraction of sp³-hybridized carbons (Fsp3) is 0. The quantitative estimate of drug-likeness (QED) is 0.648. The van der Waals surface area contributed by atoms with E-state index in [2.05, 4.69) is 9.97 Å². The number of nitrogens with zero attached hydrogens (tertiary/aromatic N) is 2. The van der Waals surface area contributed by atoms with E-state index in [9.17, 15) is 8.78 Å². The molecule has 2 rings (SSSR count). The van der Waals surface area contributed by atoms with Gasteiger partial charge in [0.05, 0.1) is 0 Å². The van der Waals surface area contributed by atoms with Crippen molar-refractivity contribution in [2.75, 3.05) is 0 Å². The summed E-state index contributed by atoms with van der Waals surface area (Å²) in [5, 5.41) is 0. The van der Waals surface area contributed by atoms with Crippen LogP contribution in [0, 0.1) is 11.9 Å². The Balaban J connectivity index is 2.53. The monoisotopic (exact) mass is 192 g/mol. The smallest absolute Gasteiger partial charge is 0.223 e. The van der Waals surface area contributed by atoms with E-state index in [4.69, 9.17) is 0 Å². The molecule has 0 aliphatic heterocycles. The van der Waals surface area contributed by atoms with Gasteiger partial charge in [-0.25, -0.2) is 0 Å². The van der Waals surface area contributed by atoms with Crippen LogP contribution in [0.15, 0.2) is 36.7 Å². The SMILES string of the molecule is Fc1ccc(-c2cccnc2)c(F)n1. The summed E-state index contributed by atoms with van der Waals surface area (Å²) in [5.41, 5.74) is 0.831. The molecule has 2 heterocycles. The van der Waals surface area contributed by atoms with Crippen molar-refractivity contribution in [3.8, 4) is 11.1 Å². The van der Waals surface area contributed by atoms with Crippen molar-refractivity contribution in [3.05, 3.63) is 48.6 Å². The van der Waals surface area contributed by atoms with Crippen molar-refractivity contribution in [2.24, 2.45) is 0 Å². The normalized spacial score (nSPS) is 10.1. The first-order valence-corrected chi connectivity index (χ1v) is 4.00. The Bertz CT molecular complexity index is 443. The van der Waals surface area contributed by atoms with Gasteiger partial charge in [-0.2, -0.15) is 13.8 Å². The van der Waals surface area contributed by atoms with Crippen LogP contribution in [0.2, 0.25) is 0 Å². The van der Waals surface area contributed by atoms with Crippen molar-refractivity contribution < 1.29 is 8.78 Å². The highest BCUT2D eigenvalue weighted by atomic mass is 19.1. The van der Waals surface area contributed by atoms with Crippen molar-refractivity contribution in [3.63, 3.8) is 0 Å². The van der Waals surface area contributed by atoms with Crippen LogP contribution in [-0.4, -0.2) is 9.97 Å². The number of pyridine rings is 2. The summed E-state index contributed by atoms with van der Waals surface area (Å²) in [7, 11) is 0. The van der Waals surface area contributed by atoms with Crippen LogP contribution >= 0.6 is 0 Å². The minimum Gasteiger partial charge on any atom is -0.264 e. The van der Waals surface area contributed by atoms with Gasteiger partial charge in [-0.3, -0.25) is 4.98 Å². The lowest BCUT2D eigenvalue weighted by atomic mass is 10.1. The number of halogens is 2. The molecule has 0 aromatic carbocycles. The third kappa shape index (κ3) is 1.59. The van der Waals surface area contributed by atoms with Crippen molar-refractivity contribution in [1.82, 2.24) is 9.97 Å². The zero-order chi connectivity index (χ0) is 9.97. The molecule has 0 N–H and O–H groups in total. The Morgan fingerprint density at radius 1 is 1.07 bits per heavy atom. The molecule has 0 saturated carbocycles. The second-order valence-corrected chi connectivity index (χ2v) is 2.71. The molecule has 14 heavy (non-hydrogen) atoms. The molecule has 0 aliphatic rings. The molecule has 2 aromatic heterocycles. The first kappa shape index (κ1) is 8.74. The molecule has 0 bridgehead atoms. The predicted octanol–water partition coefficient (Wildman–Crippen LogP) is 2.42. The van der Waals surface area contributed by atoms with Gasteiger partial charge in [-0.15, -0.1) is 0 Å². The lowest BCUT2D eigenvalue weighted by Gasteiger charge is -2.00. The van der Waals surface area contributed by atoms with Gasteiger partial charge >= 0.3 is 0 Å². The molecule has 0 aliphatic carbocycles. The third-order valence-electron chi connectivity index (χ3n) is 1.79. The van der Waals surface area contributed by atoms with Gasteiger partial charge in [-0.1, -0.05) is 6.07 Å². The zero-order valence-corrected chi connectivity index (χ0v) is 7.11. The highest BCUT2D eigenvalue weighted by Crippen LogP contribution is 2.19. The van der Waals surface area contributed by atoms with E-state index in [1.165, 1.54) is 12.3 Å². The van der Waals surface area contributed by atoms with Gasteiger partial charge < -0.3 is 0 Å². The Labute approximate surface area is 79.3 Å². The van der Waals surface area contributed by atoms with Gasteiger partial charge in [0.25, 0.3) is 0 Å². The maximum atomic E-state index is 13.2. The Kier molecular flexibility index (Phi) is 2.18. The van der Waals surface area contributed by atoms with E-state index in [1.54, 1.807) is 18.3 Å². The molecule has 4 heteroatoms. The largest absolute Gasteiger partial charge is 0.264 e. The lowest BCUT2D eigenvalue weighted by Crippen LogP contribution is -1.92. The lowest BCUT2D eigenvalue weighted by molar-refractivity contribution is 0.515. The van der Waals surface area contributed by atoms with Crippen LogP contribution in [0.1, 0.15) is 0 Å². The molecule has 0 saturated heterocycles. The molecule has 0 radical (unpaired) electrons. The summed E-state index contributed by atoms with van der Waals surface area (Å²) in [6.45, 7) is 0. The van der Waals surface area contributed by atoms with E-state index in [1.807, 2.05) is 0 Å². The summed E-state index contributed by atoms with van der Waals surface area (Å²) in [6, 6.07) is 5.82. The van der Waals surface area contributed by atoms with Crippen LogP contribution in [0.4, 0.5) is 8.78 Å². The van der Waals surface area contributed by atoms with Crippen LogP contribution in [0.3, 0.4) is 0 Å². The Morgan fingerprint density at radius 3 is 2.57 bits per heavy atom. The third-order valence-corrected chi connectivity index (χ3v) is 1.79. The fourth-order valence-electron chi connectivity index (χ4n) is 1.15. The topological polar surface area (TPSA) is 25.8 Å². The van der Waals surface area contributed by atoms with Crippen molar-refractivity contribution in [1.29, 1.82) is 0 Å². The molecule has 70 valence electrons. The summed E-state index contributed by atoms with van der Waals surface area (Å²) in [4.78, 5) is 6.93. The Morgan fingerprint density at radius 2 is 1.93 bits per heavy atom. The highest BCUT2D eigenvalue weighted by Gasteiger charge is 2.06. The van der Waals surface area contributed by atoms with E-state index >= 15 is 0 Å². The maximum Gasteiger partial charge on any atom is 0.223 e. The maximum absolute atomic E-state index is 13.2. The van der Waals surface area contributed by atoms with Gasteiger partial charge in [0, 0.05) is 23.5 Å². The van der Waals surface area contributed by atoms with Gasteiger partial charge in [-0.05, 0) is 18.2 Å². The van der Waals surface area contributed by atoms with Gasteiger partial charge in [0.1, 0.15) is 0 Å². The second kappa shape index (κ2) is 3.49. The van der Waals surface area contributed by atoms with Gasteiger partial charge in [0.15, 0.2) is 0 Å². The molecular weight excluding hydrogens is 186 g/mol. The first-order chi connectivity index (χ1) is 6.77. The number of hydrogen-bond donors (Lipinski definition) is 0. The molecule has 0 unspecified atom stereocenters. The van der Waals surface area contributed by atoms with Crippen LogP contribution in [0.25, 0.3) is 11.1 Å². The van der Waals surface area contributed by atoms with E-state index < -0.39 is 11.9 Å². The standard InChI is InChI=1S/C10H6F2N2/c11-9-4-3-8(10(12)14-9)7-2-1-5-13-6-7/h1-6H. The van der Waals surface area contributed by atoms with Crippen LogP contribution in [0.5, 0.6) is 0 Å². The minimum absolute atomic E-state index is 0.250. The molecule has 0 spiro atoms. The number of aromatic nitrogens is 2. The van der Waals surface area contributed by atoms with Crippen LogP contribution in [-0.2, 0) is 0 Å². The molecular formula is C10H6F2N2. The minimum atomic E-state index is -0.824. The molecule has 0 atom stereocenters. The van der Waals surface area contributed by atoms with Gasteiger partial charge in [0.2, 0.25) is 11.9 Å². The number of hydrogen-bond acceptors (Lipinski definition) is 2. The first-order valence-electron chi connectivity index (χ1n) is 4.00. The molecule has 0 amide bonds. The van der Waals surface area contributed by atoms with E-state index in [0.29, 0.717) is 5.56 Å². The van der Waals surface area contributed by atoms with E-state index in [0.717, 1.165) is 6.07 Å². The summed E-state index contributed by atoms with van der Waals surface area (Å²) >= 11 is 0. The van der Waals surface area contributed by atoms with Crippen molar-refractivity contribution >= 4 is 0 Å². The summed E-state index contributed by atoms with van der Waals surface area (Å²) < 4.78 is 25.7. The highest BCUT2D eigenvalue weighted by molar-refractivity contribution is 5.61.